The summed E-state index contributed by atoms with van der Waals surface area (Å²) in [6, 6.07) is 9.56. The van der Waals surface area contributed by atoms with Crippen LogP contribution in [0.5, 0.6) is 0 Å². The number of hydrogen-bond acceptors (Lipinski definition) is 4. The van der Waals surface area contributed by atoms with E-state index in [4.69, 9.17) is 0 Å². The number of benzene rings is 1. The van der Waals surface area contributed by atoms with Crippen LogP contribution in [0.4, 0.5) is 0 Å². The molecule has 0 spiro atoms. The molecule has 0 saturated heterocycles. The highest BCUT2D eigenvalue weighted by molar-refractivity contribution is 9.10. The van der Waals surface area contributed by atoms with Crippen LogP contribution in [0.1, 0.15) is 5.56 Å². The van der Waals surface area contributed by atoms with Crippen LogP contribution in [0.3, 0.4) is 0 Å². The van der Waals surface area contributed by atoms with Gasteiger partial charge in [0, 0.05) is 6.20 Å². The summed E-state index contributed by atoms with van der Waals surface area (Å²) in [7, 11) is 0. The van der Waals surface area contributed by atoms with Gasteiger partial charge in [-0.2, -0.15) is 0 Å². The van der Waals surface area contributed by atoms with Gasteiger partial charge in [0.1, 0.15) is 16.6 Å². The van der Waals surface area contributed by atoms with E-state index in [1.54, 1.807) is 6.20 Å². The highest BCUT2D eigenvalue weighted by Crippen LogP contribution is 2.29. The number of hydrogen-bond donors (Lipinski definition) is 1. The molecule has 0 fully saturated rings. The standard InChI is InChI=1S/C13H11BrN2O2S/c14-10-7-15-8-16-12(10)19-11(13(17)18)6-9-4-2-1-3-5-9/h1-5,7-8,11H,6H2,(H,17,18). The molecule has 0 radical (unpaired) electrons. The van der Waals surface area contributed by atoms with Crippen molar-refractivity contribution in [2.24, 2.45) is 0 Å². The van der Waals surface area contributed by atoms with E-state index in [0.29, 0.717) is 15.9 Å². The second kappa shape index (κ2) is 6.68. The maximum atomic E-state index is 11.3. The average molecular weight is 339 g/mol. The highest BCUT2D eigenvalue weighted by Gasteiger charge is 2.21. The van der Waals surface area contributed by atoms with Crippen LogP contribution in [0.2, 0.25) is 0 Å². The molecule has 1 N–H and O–H groups in total. The van der Waals surface area contributed by atoms with Crippen LogP contribution in [0.25, 0.3) is 0 Å². The van der Waals surface area contributed by atoms with Crippen LogP contribution in [-0.2, 0) is 11.2 Å². The zero-order valence-electron chi connectivity index (χ0n) is 9.86. The monoisotopic (exact) mass is 338 g/mol. The molecule has 0 aliphatic rings. The third-order valence-corrected chi connectivity index (χ3v) is 4.47. The van der Waals surface area contributed by atoms with Gasteiger partial charge in [-0.3, -0.25) is 4.79 Å². The van der Waals surface area contributed by atoms with Crippen molar-refractivity contribution in [1.82, 2.24) is 9.97 Å². The number of nitrogens with zero attached hydrogens (tertiary/aromatic N) is 2. The van der Waals surface area contributed by atoms with Gasteiger partial charge >= 0.3 is 5.97 Å². The lowest BCUT2D eigenvalue weighted by atomic mass is 10.1. The van der Waals surface area contributed by atoms with Crippen LogP contribution in [-0.4, -0.2) is 26.3 Å². The Morgan fingerprint density at radius 3 is 2.74 bits per heavy atom. The normalized spacial score (nSPS) is 12.1. The Kier molecular flexibility index (Phi) is 4.93. The molecular formula is C13H11BrN2O2S. The minimum atomic E-state index is -0.848. The van der Waals surface area contributed by atoms with Gasteiger partial charge in [-0.15, -0.1) is 0 Å². The third kappa shape index (κ3) is 4.04. The molecule has 2 aromatic rings. The highest BCUT2D eigenvalue weighted by atomic mass is 79.9. The summed E-state index contributed by atoms with van der Waals surface area (Å²) < 4.78 is 0.708. The van der Waals surface area contributed by atoms with Gasteiger partial charge in [-0.1, -0.05) is 42.1 Å². The minimum absolute atomic E-state index is 0.456. The summed E-state index contributed by atoms with van der Waals surface area (Å²) in [5.41, 5.74) is 0.993. The predicted octanol–water partition coefficient (Wildman–Crippen LogP) is 3.03. The molecular weight excluding hydrogens is 328 g/mol. The first-order valence-corrected chi connectivity index (χ1v) is 7.23. The van der Waals surface area contributed by atoms with Gasteiger partial charge in [0.2, 0.25) is 0 Å². The largest absolute Gasteiger partial charge is 0.480 e. The Morgan fingerprint density at radius 1 is 1.37 bits per heavy atom. The SMILES string of the molecule is O=C(O)C(Cc1ccccc1)Sc1ncncc1Br. The second-order valence-electron chi connectivity index (χ2n) is 3.81. The van der Waals surface area contributed by atoms with Crippen molar-refractivity contribution in [1.29, 1.82) is 0 Å². The molecule has 1 atom stereocenters. The van der Waals surface area contributed by atoms with E-state index in [1.807, 2.05) is 30.3 Å². The summed E-state index contributed by atoms with van der Waals surface area (Å²) in [6.07, 6.45) is 3.47. The van der Waals surface area contributed by atoms with Gasteiger partial charge in [-0.05, 0) is 27.9 Å². The molecule has 98 valence electrons. The molecule has 6 heteroatoms. The molecule has 0 bridgehead atoms. The van der Waals surface area contributed by atoms with Gasteiger partial charge < -0.3 is 5.11 Å². The second-order valence-corrected chi connectivity index (χ2v) is 5.86. The molecule has 4 nitrogen and oxygen atoms in total. The zero-order chi connectivity index (χ0) is 13.7. The first-order valence-electron chi connectivity index (χ1n) is 5.55. The van der Waals surface area contributed by atoms with Crippen molar-refractivity contribution in [2.75, 3.05) is 0 Å². The minimum Gasteiger partial charge on any atom is -0.480 e. The Morgan fingerprint density at radius 2 is 2.11 bits per heavy atom. The molecule has 0 aliphatic carbocycles. The van der Waals surface area contributed by atoms with E-state index in [2.05, 4.69) is 25.9 Å². The van der Waals surface area contributed by atoms with Crippen LogP contribution >= 0.6 is 27.7 Å². The lowest BCUT2D eigenvalue weighted by Gasteiger charge is -2.12. The van der Waals surface area contributed by atoms with Crippen molar-refractivity contribution in [2.45, 2.75) is 16.7 Å². The van der Waals surface area contributed by atoms with E-state index in [9.17, 15) is 9.90 Å². The lowest BCUT2D eigenvalue weighted by Crippen LogP contribution is -2.19. The fourth-order valence-electron chi connectivity index (χ4n) is 1.53. The summed E-state index contributed by atoms with van der Waals surface area (Å²) in [5, 5.41) is 9.37. The Balaban J connectivity index is 2.13. The van der Waals surface area contributed by atoms with E-state index in [1.165, 1.54) is 18.1 Å². The van der Waals surface area contributed by atoms with Crippen molar-refractivity contribution in [3.05, 3.63) is 52.9 Å². The fourth-order valence-corrected chi connectivity index (χ4v) is 2.95. The van der Waals surface area contributed by atoms with Crippen molar-refractivity contribution in [3.63, 3.8) is 0 Å². The van der Waals surface area contributed by atoms with Crippen molar-refractivity contribution < 1.29 is 9.90 Å². The van der Waals surface area contributed by atoms with Crippen molar-refractivity contribution in [3.8, 4) is 0 Å². The zero-order valence-corrected chi connectivity index (χ0v) is 12.3. The molecule has 1 unspecified atom stereocenters. The Bertz CT molecular complexity index is 566. The number of aromatic nitrogens is 2. The van der Waals surface area contributed by atoms with Gasteiger partial charge in [0.05, 0.1) is 4.47 Å². The number of halogens is 1. The summed E-state index contributed by atoms with van der Waals surface area (Å²) in [4.78, 5) is 19.3. The first-order chi connectivity index (χ1) is 9.16. The van der Waals surface area contributed by atoms with Crippen LogP contribution in [0, 0.1) is 0 Å². The molecule has 0 aliphatic heterocycles. The molecule has 0 saturated carbocycles. The average Bonchev–Trinajstić information content (AvgIpc) is 2.41. The molecule has 1 aromatic heterocycles. The van der Waals surface area contributed by atoms with Crippen LogP contribution < -0.4 is 0 Å². The Labute approximate surface area is 123 Å². The molecule has 0 amide bonds. The van der Waals surface area contributed by atoms with E-state index in [-0.39, 0.29) is 0 Å². The van der Waals surface area contributed by atoms with E-state index >= 15 is 0 Å². The number of aliphatic carboxylic acids is 1. The van der Waals surface area contributed by atoms with Crippen LogP contribution in [0.15, 0.2) is 52.4 Å². The van der Waals surface area contributed by atoms with E-state index in [0.717, 1.165) is 5.56 Å². The summed E-state index contributed by atoms with van der Waals surface area (Å²) in [5.74, 6) is -0.848. The van der Waals surface area contributed by atoms with Gasteiger partial charge in [0.15, 0.2) is 0 Å². The quantitative estimate of drug-likeness (QED) is 0.670. The van der Waals surface area contributed by atoms with Gasteiger partial charge in [-0.25, -0.2) is 9.97 Å². The smallest absolute Gasteiger partial charge is 0.317 e. The first kappa shape index (κ1) is 14.0. The number of thioether (sulfide) groups is 1. The van der Waals surface area contributed by atoms with E-state index < -0.39 is 11.2 Å². The fraction of sp³-hybridized carbons (Fsp3) is 0.154. The summed E-state index contributed by atoms with van der Waals surface area (Å²) in [6.45, 7) is 0. The third-order valence-electron chi connectivity index (χ3n) is 2.43. The number of carboxylic acid groups (broad SMARTS) is 1. The number of rotatable bonds is 5. The predicted molar refractivity (Wildman–Crippen MR) is 77.2 cm³/mol. The van der Waals surface area contributed by atoms with Crippen molar-refractivity contribution >= 4 is 33.7 Å². The maximum Gasteiger partial charge on any atom is 0.317 e. The Hall–Kier alpha value is -1.40. The molecule has 1 aromatic carbocycles. The number of carbonyl (C=O) groups is 1. The molecule has 1 heterocycles. The molecule has 2 rings (SSSR count). The summed E-state index contributed by atoms with van der Waals surface area (Å²) >= 11 is 4.54. The topological polar surface area (TPSA) is 63.1 Å². The van der Waals surface area contributed by atoms with Gasteiger partial charge in [0.25, 0.3) is 0 Å². The maximum absolute atomic E-state index is 11.3. The lowest BCUT2D eigenvalue weighted by molar-refractivity contribution is -0.136. The molecule has 19 heavy (non-hydrogen) atoms. The number of carboxylic acids is 1.